The molecule has 2 heterocycles. The number of thiazole rings is 1. The summed E-state index contributed by atoms with van der Waals surface area (Å²) in [7, 11) is 0. The van der Waals surface area contributed by atoms with E-state index in [1.54, 1.807) is 12.1 Å². The van der Waals surface area contributed by atoms with Gasteiger partial charge in [0.2, 0.25) is 5.78 Å². The van der Waals surface area contributed by atoms with E-state index < -0.39 is 0 Å². The van der Waals surface area contributed by atoms with E-state index in [4.69, 9.17) is 0 Å². The Morgan fingerprint density at radius 2 is 2.07 bits per heavy atom. The summed E-state index contributed by atoms with van der Waals surface area (Å²) in [5, 5.41) is 19.3. The quantitative estimate of drug-likeness (QED) is 0.462. The molecule has 0 radical (unpaired) electrons. The summed E-state index contributed by atoms with van der Waals surface area (Å²) in [5.74, 6) is 0.388. The van der Waals surface area contributed by atoms with Crippen LogP contribution in [-0.4, -0.2) is 40.0 Å². The molecule has 9 heteroatoms. The zero-order chi connectivity index (χ0) is 19.4. The lowest BCUT2D eigenvalue weighted by atomic mass is 9.93. The lowest BCUT2D eigenvalue weighted by Crippen LogP contribution is -2.28. The van der Waals surface area contributed by atoms with E-state index in [9.17, 15) is 14.7 Å². The van der Waals surface area contributed by atoms with Crippen LogP contribution in [0.25, 0.3) is 5.76 Å². The Labute approximate surface area is 160 Å². The molecule has 142 valence electrons. The van der Waals surface area contributed by atoms with Gasteiger partial charge < -0.3 is 15.7 Å². The molecule has 2 aromatic heterocycles. The fourth-order valence-corrected chi connectivity index (χ4v) is 3.74. The molecule has 0 aliphatic heterocycles. The van der Waals surface area contributed by atoms with Crippen molar-refractivity contribution < 1.29 is 14.7 Å². The topological polar surface area (TPSA) is 116 Å². The minimum absolute atomic E-state index is 0.0622. The number of allylic oxidation sites excluding steroid dienone is 1. The molecule has 3 rings (SSSR count). The number of aryl methyl sites for hydroxylation is 1. The van der Waals surface area contributed by atoms with Gasteiger partial charge in [-0.15, -0.1) is 0 Å². The molecule has 0 fully saturated rings. The van der Waals surface area contributed by atoms with Gasteiger partial charge in [-0.3, -0.25) is 10.1 Å². The Hall–Kier alpha value is -2.94. The Morgan fingerprint density at radius 1 is 1.26 bits per heavy atom. The number of pyridine rings is 1. The van der Waals surface area contributed by atoms with Gasteiger partial charge in [-0.2, -0.15) is 0 Å². The number of urea groups is 1. The molecule has 1 aliphatic rings. The number of nitrogens with zero attached hydrogens (tertiary/aromatic N) is 2. The zero-order valence-corrected chi connectivity index (χ0v) is 15.9. The zero-order valence-electron chi connectivity index (χ0n) is 15.1. The van der Waals surface area contributed by atoms with E-state index in [0.29, 0.717) is 52.0 Å². The predicted molar refractivity (Wildman–Crippen MR) is 105 cm³/mol. The molecule has 27 heavy (non-hydrogen) atoms. The molecule has 0 saturated heterocycles. The third-order valence-corrected chi connectivity index (χ3v) is 5.04. The number of hydrogen-bond acceptors (Lipinski definition) is 7. The summed E-state index contributed by atoms with van der Waals surface area (Å²) in [5.41, 5.74) is 1.48. The van der Waals surface area contributed by atoms with Crippen LogP contribution in [0.5, 0.6) is 0 Å². The molecule has 0 bridgehead atoms. The average Bonchev–Trinajstić information content (AvgIpc) is 3.06. The molecular weight excluding hydrogens is 366 g/mol. The van der Waals surface area contributed by atoms with E-state index in [1.165, 1.54) is 6.20 Å². The first-order valence-corrected chi connectivity index (χ1v) is 9.56. The highest BCUT2D eigenvalue weighted by molar-refractivity contribution is 7.18. The second-order valence-electron chi connectivity index (χ2n) is 5.90. The van der Waals surface area contributed by atoms with Crippen molar-refractivity contribution in [2.75, 3.05) is 23.7 Å². The number of amides is 2. The van der Waals surface area contributed by atoms with E-state index in [-0.39, 0.29) is 17.6 Å². The van der Waals surface area contributed by atoms with Gasteiger partial charge in [-0.05, 0) is 38.8 Å². The second-order valence-corrected chi connectivity index (χ2v) is 6.90. The fraction of sp³-hybridized carbons (Fsp3) is 0.333. The number of Topliss-reactive ketones (excluding diaryl/α,β-unsaturated/α-hetero) is 1. The molecule has 0 atom stereocenters. The normalized spacial score (nSPS) is 15.1. The first kappa shape index (κ1) is 18.8. The molecule has 1 aliphatic carbocycles. The van der Waals surface area contributed by atoms with Crippen molar-refractivity contribution in [3.8, 4) is 0 Å². The van der Waals surface area contributed by atoms with Gasteiger partial charge in [0.1, 0.15) is 16.5 Å². The number of hydrogen-bond donors (Lipinski definition) is 4. The van der Waals surface area contributed by atoms with Crippen molar-refractivity contribution in [2.24, 2.45) is 0 Å². The van der Waals surface area contributed by atoms with Crippen molar-refractivity contribution in [1.82, 2.24) is 15.3 Å². The Balaban J connectivity index is 1.83. The number of anilines is 2. The molecule has 4 N–H and O–H groups in total. The second kappa shape index (κ2) is 8.17. The van der Waals surface area contributed by atoms with Crippen molar-refractivity contribution >= 4 is 39.9 Å². The van der Waals surface area contributed by atoms with Gasteiger partial charge in [0.05, 0.1) is 5.69 Å². The Morgan fingerprint density at radius 3 is 2.74 bits per heavy atom. The third-order valence-electron chi connectivity index (χ3n) is 4.03. The first-order valence-electron chi connectivity index (χ1n) is 8.75. The van der Waals surface area contributed by atoms with Crippen LogP contribution in [-0.2, 0) is 6.42 Å². The van der Waals surface area contributed by atoms with E-state index in [2.05, 4.69) is 25.9 Å². The van der Waals surface area contributed by atoms with Crippen LogP contribution < -0.4 is 16.0 Å². The summed E-state index contributed by atoms with van der Waals surface area (Å²) in [6.07, 6.45) is 2.45. The summed E-state index contributed by atoms with van der Waals surface area (Å²) in [6, 6.07) is 3.13. The van der Waals surface area contributed by atoms with Crippen LogP contribution in [0.3, 0.4) is 0 Å². The predicted octanol–water partition coefficient (Wildman–Crippen LogP) is 3.21. The maximum atomic E-state index is 12.8. The first-order chi connectivity index (χ1) is 13.0. The highest BCUT2D eigenvalue weighted by Crippen LogP contribution is 2.34. The summed E-state index contributed by atoms with van der Waals surface area (Å²) in [6.45, 7) is 5.03. The number of aliphatic hydroxyl groups is 1. The fourth-order valence-electron chi connectivity index (χ4n) is 2.77. The largest absolute Gasteiger partial charge is 0.507 e. The number of rotatable bonds is 5. The number of nitrogens with one attached hydrogen (secondary N) is 3. The lowest BCUT2D eigenvalue weighted by molar-refractivity contribution is 0.102. The molecular formula is C18H21N5O3S. The van der Waals surface area contributed by atoms with Crippen molar-refractivity contribution in [3.05, 3.63) is 40.0 Å². The van der Waals surface area contributed by atoms with Crippen LogP contribution in [0.4, 0.5) is 15.7 Å². The number of aliphatic hydroxyl groups excluding tert-OH is 1. The Bertz CT molecular complexity index is 889. The van der Waals surface area contributed by atoms with Crippen LogP contribution in [0.2, 0.25) is 0 Å². The minimum atomic E-state index is -0.360. The van der Waals surface area contributed by atoms with Crippen molar-refractivity contribution in [3.63, 3.8) is 0 Å². The monoisotopic (exact) mass is 387 g/mol. The van der Waals surface area contributed by atoms with E-state index >= 15 is 0 Å². The standard InChI is InChI=1S/C18H21N5O3S/c1-3-19-13-8-5-10(9-21-13)14(24)11-6-7-12-16(15(11)25)27-18(22-12)23-17(26)20-4-2/h5,8-9,24H,3-4,6-7H2,1-2H3,(H,19,21)(H2,20,22,23,26). The van der Waals surface area contributed by atoms with Crippen LogP contribution in [0.1, 0.15) is 41.2 Å². The van der Waals surface area contributed by atoms with Crippen LogP contribution >= 0.6 is 11.3 Å². The maximum Gasteiger partial charge on any atom is 0.321 e. The smallest absolute Gasteiger partial charge is 0.321 e. The van der Waals surface area contributed by atoms with Gasteiger partial charge in [0.25, 0.3) is 0 Å². The molecule has 2 amide bonds. The number of carbonyl (C=O) groups is 2. The van der Waals surface area contributed by atoms with Crippen molar-refractivity contribution in [2.45, 2.75) is 26.7 Å². The van der Waals surface area contributed by atoms with Crippen LogP contribution in [0, 0.1) is 0 Å². The average molecular weight is 387 g/mol. The summed E-state index contributed by atoms with van der Waals surface area (Å²) >= 11 is 1.12. The SMILES string of the molecule is CCNC(=O)Nc1nc2c(s1)C(=O)C(=C(O)c1ccc(NCC)nc1)CC2. The molecule has 0 aromatic carbocycles. The lowest BCUT2D eigenvalue weighted by Gasteiger charge is -2.14. The molecule has 0 saturated carbocycles. The number of carbonyl (C=O) groups excluding carboxylic acids is 2. The van der Waals surface area contributed by atoms with Gasteiger partial charge in [0.15, 0.2) is 5.13 Å². The third kappa shape index (κ3) is 4.08. The van der Waals surface area contributed by atoms with Gasteiger partial charge in [-0.1, -0.05) is 11.3 Å². The number of fused-ring (bicyclic) bond motifs is 1. The van der Waals surface area contributed by atoms with Gasteiger partial charge >= 0.3 is 6.03 Å². The molecule has 0 unspecified atom stereocenters. The minimum Gasteiger partial charge on any atom is -0.507 e. The Kier molecular flexibility index (Phi) is 5.70. The van der Waals surface area contributed by atoms with Crippen molar-refractivity contribution in [1.29, 1.82) is 0 Å². The summed E-state index contributed by atoms with van der Waals surface area (Å²) < 4.78 is 0. The molecule has 0 spiro atoms. The van der Waals surface area contributed by atoms with E-state index in [1.807, 2.05) is 13.8 Å². The molecule has 2 aromatic rings. The number of aromatic nitrogens is 2. The van der Waals surface area contributed by atoms with Gasteiger partial charge in [-0.25, -0.2) is 14.8 Å². The maximum absolute atomic E-state index is 12.8. The van der Waals surface area contributed by atoms with Crippen LogP contribution in [0.15, 0.2) is 23.9 Å². The number of ketones is 1. The highest BCUT2D eigenvalue weighted by Gasteiger charge is 2.29. The summed E-state index contributed by atoms with van der Waals surface area (Å²) in [4.78, 5) is 33.5. The highest BCUT2D eigenvalue weighted by atomic mass is 32.1. The van der Waals surface area contributed by atoms with E-state index in [0.717, 1.165) is 17.9 Å². The molecule has 8 nitrogen and oxygen atoms in total. The van der Waals surface area contributed by atoms with Gasteiger partial charge in [0, 0.05) is 30.4 Å².